The minimum absolute atomic E-state index is 0.0713. The number of fused-ring (bicyclic) bond motifs is 3. The van der Waals surface area contributed by atoms with Crippen LogP contribution in [0, 0.1) is 0 Å². The SMILES string of the molecule is CC[C@H](CC(=O)O)NC(=O)c1ccccc1NC(=O)OCC1c2ccccc2-c2ccccc21. The van der Waals surface area contributed by atoms with Gasteiger partial charge in [0.1, 0.15) is 6.61 Å². The Morgan fingerprint density at radius 3 is 2.12 bits per heavy atom. The van der Waals surface area contributed by atoms with Crippen LogP contribution in [0.3, 0.4) is 0 Å². The van der Waals surface area contributed by atoms with Gasteiger partial charge in [-0.2, -0.15) is 0 Å². The Kier molecular flexibility index (Phi) is 6.92. The monoisotopic (exact) mass is 458 g/mol. The molecule has 1 atom stereocenters. The molecule has 174 valence electrons. The summed E-state index contributed by atoms with van der Waals surface area (Å²) in [5, 5.41) is 14.4. The van der Waals surface area contributed by atoms with E-state index in [2.05, 4.69) is 22.8 Å². The third kappa shape index (κ3) is 4.93. The Hall–Kier alpha value is -4.13. The van der Waals surface area contributed by atoms with Gasteiger partial charge >= 0.3 is 12.1 Å². The van der Waals surface area contributed by atoms with Crippen LogP contribution in [0.4, 0.5) is 10.5 Å². The van der Waals surface area contributed by atoms with Gasteiger partial charge < -0.3 is 15.2 Å². The lowest BCUT2D eigenvalue weighted by molar-refractivity contribution is -0.137. The lowest BCUT2D eigenvalue weighted by atomic mass is 9.98. The van der Waals surface area contributed by atoms with Crippen molar-refractivity contribution in [1.82, 2.24) is 5.32 Å². The van der Waals surface area contributed by atoms with Crippen LogP contribution in [0.25, 0.3) is 11.1 Å². The number of carboxylic acid groups (broad SMARTS) is 1. The average Bonchev–Trinajstić information content (AvgIpc) is 3.16. The number of rotatable bonds is 8. The Bertz CT molecular complexity index is 1180. The third-order valence-corrected chi connectivity index (χ3v) is 6.00. The second kappa shape index (κ2) is 10.2. The molecule has 4 rings (SSSR count). The van der Waals surface area contributed by atoms with Gasteiger partial charge in [0.15, 0.2) is 0 Å². The number of carbonyl (C=O) groups excluding carboxylic acids is 2. The number of ether oxygens (including phenoxy) is 1. The molecule has 0 aromatic heterocycles. The van der Waals surface area contributed by atoms with Gasteiger partial charge in [-0.25, -0.2) is 4.79 Å². The summed E-state index contributed by atoms with van der Waals surface area (Å²) in [4.78, 5) is 36.4. The maximum absolute atomic E-state index is 12.7. The van der Waals surface area contributed by atoms with Crippen molar-refractivity contribution in [2.75, 3.05) is 11.9 Å². The number of nitrogens with one attached hydrogen (secondary N) is 2. The van der Waals surface area contributed by atoms with E-state index in [0.29, 0.717) is 12.1 Å². The number of aliphatic carboxylic acids is 1. The maximum atomic E-state index is 12.7. The lowest BCUT2D eigenvalue weighted by Gasteiger charge is -2.17. The van der Waals surface area contributed by atoms with Crippen molar-refractivity contribution < 1.29 is 24.2 Å². The molecule has 0 heterocycles. The van der Waals surface area contributed by atoms with Gasteiger partial charge in [-0.15, -0.1) is 0 Å². The highest BCUT2D eigenvalue weighted by Gasteiger charge is 2.29. The van der Waals surface area contributed by atoms with Crippen LogP contribution in [0.5, 0.6) is 0 Å². The summed E-state index contributed by atoms with van der Waals surface area (Å²) >= 11 is 0. The van der Waals surface area contributed by atoms with Crippen molar-refractivity contribution in [3.05, 3.63) is 89.5 Å². The summed E-state index contributed by atoms with van der Waals surface area (Å²) in [5.41, 5.74) is 5.03. The molecule has 1 aliphatic carbocycles. The number of para-hydroxylation sites is 1. The number of hydrogen-bond acceptors (Lipinski definition) is 4. The zero-order chi connectivity index (χ0) is 24.1. The summed E-state index contributed by atoms with van der Waals surface area (Å²) in [7, 11) is 0. The van der Waals surface area contributed by atoms with Crippen molar-refractivity contribution in [2.24, 2.45) is 0 Å². The van der Waals surface area contributed by atoms with Crippen molar-refractivity contribution in [3.8, 4) is 11.1 Å². The van der Waals surface area contributed by atoms with Crippen LogP contribution in [-0.2, 0) is 9.53 Å². The predicted molar refractivity (Wildman–Crippen MR) is 129 cm³/mol. The minimum atomic E-state index is -0.989. The van der Waals surface area contributed by atoms with Crippen molar-refractivity contribution in [2.45, 2.75) is 31.7 Å². The minimum Gasteiger partial charge on any atom is -0.481 e. The zero-order valence-corrected chi connectivity index (χ0v) is 18.8. The van der Waals surface area contributed by atoms with Crippen molar-refractivity contribution in [1.29, 1.82) is 0 Å². The molecule has 34 heavy (non-hydrogen) atoms. The van der Waals surface area contributed by atoms with Gasteiger partial charge in [-0.3, -0.25) is 14.9 Å². The van der Waals surface area contributed by atoms with Crippen LogP contribution < -0.4 is 10.6 Å². The van der Waals surface area contributed by atoms with Gasteiger partial charge in [0.05, 0.1) is 17.7 Å². The molecule has 0 bridgehead atoms. The topological polar surface area (TPSA) is 105 Å². The van der Waals surface area contributed by atoms with Crippen LogP contribution in [0.2, 0.25) is 0 Å². The molecule has 0 aliphatic heterocycles. The summed E-state index contributed by atoms with van der Waals surface area (Å²) < 4.78 is 5.57. The van der Waals surface area contributed by atoms with Crippen molar-refractivity contribution in [3.63, 3.8) is 0 Å². The Morgan fingerprint density at radius 2 is 1.50 bits per heavy atom. The second-order valence-corrected chi connectivity index (χ2v) is 8.17. The van der Waals surface area contributed by atoms with Gasteiger partial charge in [0.2, 0.25) is 0 Å². The van der Waals surface area contributed by atoms with E-state index in [1.165, 1.54) is 0 Å². The Labute approximate surface area is 197 Å². The van der Waals surface area contributed by atoms with E-state index in [-0.39, 0.29) is 24.5 Å². The highest BCUT2D eigenvalue weighted by Crippen LogP contribution is 2.44. The third-order valence-electron chi connectivity index (χ3n) is 6.00. The Morgan fingerprint density at radius 1 is 0.912 bits per heavy atom. The van der Waals surface area contributed by atoms with E-state index in [1.807, 2.05) is 36.4 Å². The molecule has 0 radical (unpaired) electrons. The largest absolute Gasteiger partial charge is 0.481 e. The molecule has 0 saturated heterocycles. The molecular weight excluding hydrogens is 432 g/mol. The first-order valence-electron chi connectivity index (χ1n) is 11.2. The molecule has 3 aromatic rings. The van der Waals surface area contributed by atoms with E-state index in [1.54, 1.807) is 31.2 Å². The molecule has 7 heteroatoms. The van der Waals surface area contributed by atoms with E-state index in [4.69, 9.17) is 9.84 Å². The fraction of sp³-hybridized carbons (Fsp3) is 0.222. The van der Waals surface area contributed by atoms with Crippen LogP contribution in [0.15, 0.2) is 72.8 Å². The first kappa shape index (κ1) is 23.0. The maximum Gasteiger partial charge on any atom is 0.411 e. The normalized spacial score (nSPS) is 12.9. The fourth-order valence-corrected chi connectivity index (χ4v) is 4.31. The number of benzene rings is 3. The molecule has 1 aliphatic rings. The average molecular weight is 459 g/mol. The van der Waals surface area contributed by atoms with Crippen molar-refractivity contribution >= 4 is 23.7 Å². The van der Waals surface area contributed by atoms with E-state index in [0.717, 1.165) is 22.3 Å². The smallest absolute Gasteiger partial charge is 0.411 e. The van der Waals surface area contributed by atoms with E-state index < -0.39 is 24.0 Å². The highest BCUT2D eigenvalue weighted by atomic mass is 16.5. The van der Waals surface area contributed by atoms with E-state index in [9.17, 15) is 14.4 Å². The molecule has 0 unspecified atom stereocenters. The van der Waals surface area contributed by atoms with Gasteiger partial charge in [-0.1, -0.05) is 67.6 Å². The lowest BCUT2D eigenvalue weighted by Crippen LogP contribution is -2.36. The molecule has 3 aromatic carbocycles. The molecule has 0 fully saturated rings. The summed E-state index contributed by atoms with van der Waals surface area (Å²) in [6, 6.07) is 22.2. The first-order valence-corrected chi connectivity index (χ1v) is 11.2. The number of amides is 2. The number of carbonyl (C=O) groups is 3. The molecule has 0 spiro atoms. The second-order valence-electron chi connectivity index (χ2n) is 8.17. The summed E-state index contributed by atoms with van der Waals surface area (Å²) in [6.07, 6.45) is -0.371. The number of anilines is 1. The zero-order valence-electron chi connectivity index (χ0n) is 18.8. The van der Waals surface area contributed by atoms with Gasteiger partial charge in [-0.05, 0) is 40.8 Å². The molecule has 7 nitrogen and oxygen atoms in total. The van der Waals surface area contributed by atoms with Crippen LogP contribution in [-0.4, -0.2) is 35.7 Å². The fourth-order valence-electron chi connectivity index (χ4n) is 4.31. The highest BCUT2D eigenvalue weighted by molar-refractivity contribution is 6.02. The van der Waals surface area contributed by atoms with E-state index >= 15 is 0 Å². The predicted octanol–water partition coefficient (Wildman–Crippen LogP) is 5.03. The van der Waals surface area contributed by atoms with Crippen LogP contribution in [0.1, 0.15) is 47.2 Å². The summed E-state index contributed by atoms with van der Waals surface area (Å²) in [6.45, 7) is 1.96. The summed E-state index contributed by atoms with van der Waals surface area (Å²) in [5.74, 6) is -1.52. The standard InChI is InChI=1S/C27H26N2O5/c1-2-17(15-25(30)31)28-26(32)22-13-7-8-14-24(22)29-27(33)34-16-23-20-11-5-3-9-18(20)19-10-4-6-12-21(19)23/h3-14,17,23H,2,15-16H2,1H3,(H,28,32)(H,29,33)(H,30,31)/t17-/m1/s1. The van der Waals surface area contributed by atoms with Gasteiger partial charge in [0, 0.05) is 12.0 Å². The quantitative estimate of drug-likeness (QED) is 0.439. The molecule has 0 saturated carbocycles. The van der Waals surface area contributed by atoms with Gasteiger partial charge in [0.25, 0.3) is 5.91 Å². The Balaban J connectivity index is 1.44. The first-order chi connectivity index (χ1) is 16.5. The number of hydrogen-bond donors (Lipinski definition) is 3. The molecule has 3 N–H and O–H groups in total. The molecular formula is C27H26N2O5. The number of carboxylic acids is 1. The molecule has 2 amide bonds. The van der Waals surface area contributed by atoms with Crippen LogP contribution >= 0.6 is 0 Å².